The van der Waals surface area contributed by atoms with Crippen LogP contribution in [0.2, 0.25) is 0 Å². The number of aliphatic hydroxyl groups is 2. The molecule has 5 aliphatic carbocycles. The van der Waals surface area contributed by atoms with Crippen LogP contribution in [-0.2, 0) is 28.5 Å². The highest BCUT2D eigenvalue weighted by Crippen LogP contribution is 2.89. The minimum atomic E-state index is -1.27. The Balaban J connectivity index is 1.09. The largest absolute Gasteiger partial charge is 0.457 e. The summed E-state index contributed by atoms with van der Waals surface area (Å²) in [6, 6.07) is 0. The maximum Gasteiger partial charge on any atom is 0.410 e. The fourth-order valence-electron chi connectivity index (χ4n) is 14.0. The van der Waals surface area contributed by atoms with Crippen LogP contribution in [0.4, 0.5) is 4.79 Å². The highest BCUT2D eigenvalue weighted by Gasteiger charge is 2.84. The SMILES string of the molecule is CC(=O)O[C@@H](C1C[C@@H](C)[C@H]2C(O1)[C@H](O)[C@@]1(C)C3CC[C@H]4C(C)(C)[C@@H](O[C@H]5CN(C(=O)OC(C)(C)C)CCO5)CC[C@@]45CC35CC[C@]21C)C(C)(C)O. The monoisotopic (exact) mass is 717 g/mol. The number of fused-ring (bicyclic) bond motifs is 4. The smallest absolute Gasteiger partial charge is 0.410 e. The first-order valence-corrected chi connectivity index (χ1v) is 20.0. The Morgan fingerprint density at radius 2 is 1.63 bits per heavy atom. The van der Waals surface area contributed by atoms with Crippen LogP contribution >= 0.6 is 0 Å². The van der Waals surface area contributed by atoms with Gasteiger partial charge in [-0.2, -0.15) is 0 Å². The lowest BCUT2D eigenvalue weighted by molar-refractivity contribution is -0.247. The van der Waals surface area contributed by atoms with E-state index in [1.165, 1.54) is 19.8 Å². The Morgan fingerprint density at radius 1 is 0.961 bits per heavy atom. The molecule has 290 valence electrons. The van der Waals surface area contributed by atoms with Gasteiger partial charge in [0, 0.05) is 18.9 Å². The molecule has 7 fully saturated rings. The average molecular weight is 718 g/mol. The van der Waals surface area contributed by atoms with E-state index in [9.17, 15) is 19.8 Å². The van der Waals surface area contributed by atoms with Gasteiger partial charge in [0.15, 0.2) is 12.4 Å². The molecule has 2 N–H and O–H groups in total. The normalized spacial score (nSPS) is 47.9. The molecular formula is C41H67NO9. The summed E-state index contributed by atoms with van der Waals surface area (Å²) < 4.78 is 31.1. The summed E-state index contributed by atoms with van der Waals surface area (Å²) in [5.74, 6) is 0.902. The lowest BCUT2D eigenvalue weighted by atomic mass is 9.41. The zero-order chi connectivity index (χ0) is 37.3. The molecule has 1 amide bonds. The van der Waals surface area contributed by atoms with Gasteiger partial charge >= 0.3 is 12.1 Å². The molecule has 0 aromatic rings. The van der Waals surface area contributed by atoms with Crippen molar-refractivity contribution in [1.29, 1.82) is 0 Å². The van der Waals surface area contributed by atoms with Crippen molar-refractivity contribution >= 4 is 12.1 Å². The van der Waals surface area contributed by atoms with Gasteiger partial charge in [-0.25, -0.2) is 4.79 Å². The van der Waals surface area contributed by atoms with Crippen LogP contribution in [0.25, 0.3) is 0 Å². The Hall–Kier alpha value is -1.46. The number of hydrogen-bond donors (Lipinski definition) is 2. The van der Waals surface area contributed by atoms with Crippen LogP contribution in [0.1, 0.15) is 128 Å². The van der Waals surface area contributed by atoms with Crippen LogP contribution in [0.5, 0.6) is 0 Å². The zero-order valence-electron chi connectivity index (χ0n) is 33.3. The molecule has 2 saturated heterocycles. The third-order valence-electron chi connectivity index (χ3n) is 16.1. The van der Waals surface area contributed by atoms with E-state index in [2.05, 4.69) is 34.6 Å². The topological polar surface area (TPSA) is 124 Å². The maximum absolute atomic E-state index is 12.9. The second-order valence-corrected chi connectivity index (χ2v) is 20.6. The summed E-state index contributed by atoms with van der Waals surface area (Å²) in [5.41, 5.74) is -1.86. The molecule has 0 radical (unpaired) electrons. The number of carbonyl (C=O) groups excluding carboxylic acids is 2. The van der Waals surface area contributed by atoms with Crippen LogP contribution in [-0.4, -0.2) is 94.9 Å². The van der Waals surface area contributed by atoms with Crippen molar-refractivity contribution in [2.75, 3.05) is 19.7 Å². The Bertz CT molecular complexity index is 1390. The van der Waals surface area contributed by atoms with Gasteiger partial charge in [0.05, 0.1) is 43.2 Å². The predicted molar refractivity (Wildman–Crippen MR) is 190 cm³/mol. The van der Waals surface area contributed by atoms with Gasteiger partial charge in [0.1, 0.15) is 5.60 Å². The van der Waals surface area contributed by atoms with Gasteiger partial charge in [-0.05, 0) is 131 Å². The summed E-state index contributed by atoms with van der Waals surface area (Å²) in [6.45, 7) is 23.6. The van der Waals surface area contributed by atoms with Crippen LogP contribution in [0.3, 0.4) is 0 Å². The Morgan fingerprint density at radius 3 is 2.27 bits per heavy atom. The van der Waals surface area contributed by atoms with Crippen LogP contribution < -0.4 is 0 Å². The number of nitrogens with zero attached hydrogens (tertiary/aromatic N) is 1. The third-order valence-corrected chi connectivity index (χ3v) is 16.1. The molecule has 7 aliphatic rings. The van der Waals surface area contributed by atoms with Crippen molar-refractivity contribution in [3.63, 3.8) is 0 Å². The van der Waals surface area contributed by atoms with E-state index in [1.807, 2.05) is 20.8 Å². The first-order valence-electron chi connectivity index (χ1n) is 20.0. The number of ether oxygens (including phenoxy) is 5. The Labute approximate surface area is 306 Å². The maximum atomic E-state index is 12.9. The van der Waals surface area contributed by atoms with Gasteiger partial charge < -0.3 is 38.8 Å². The van der Waals surface area contributed by atoms with E-state index in [-0.39, 0.29) is 57.2 Å². The fraction of sp³-hybridized carbons (Fsp3) is 0.951. The molecule has 0 bridgehead atoms. The summed E-state index contributed by atoms with van der Waals surface area (Å²) in [7, 11) is 0. The third kappa shape index (κ3) is 5.56. The molecule has 51 heavy (non-hydrogen) atoms. The highest BCUT2D eigenvalue weighted by molar-refractivity contribution is 5.68. The van der Waals surface area contributed by atoms with E-state index in [0.717, 1.165) is 32.1 Å². The van der Waals surface area contributed by atoms with Crippen molar-refractivity contribution in [2.24, 2.45) is 50.7 Å². The molecule has 0 aromatic carbocycles. The number of rotatable bonds is 5. The highest BCUT2D eigenvalue weighted by atomic mass is 16.7. The van der Waals surface area contributed by atoms with E-state index in [4.69, 9.17) is 23.7 Å². The van der Waals surface area contributed by atoms with Crippen LogP contribution in [0.15, 0.2) is 0 Å². The molecule has 0 aromatic heterocycles. The second kappa shape index (κ2) is 12.0. The first kappa shape index (κ1) is 37.8. The number of carbonyl (C=O) groups is 2. The summed E-state index contributed by atoms with van der Waals surface area (Å²) in [4.78, 5) is 26.7. The molecule has 14 atom stereocenters. The van der Waals surface area contributed by atoms with Gasteiger partial charge in [0.2, 0.25) is 0 Å². The van der Waals surface area contributed by atoms with E-state index in [1.54, 1.807) is 18.7 Å². The van der Waals surface area contributed by atoms with E-state index in [0.29, 0.717) is 38.0 Å². The van der Waals surface area contributed by atoms with Crippen molar-refractivity contribution in [2.45, 2.75) is 176 Å². The lowest BCUT2D eigenvalue weighted by Crippen LogP contribution is -2.60. The fourth-order valence-corrected chi connectivity index (χ4v) is 14.0. The summed E-state index contributed by atoms with van der Waals surface area (Å²) in [6.07, 6.45) is 5.37. The molecule has 7 rings (SSSR count). The quantitative estimate of drug-likeness (QED) is 0.308. The zero-order valence-corrected chi connectivity index (χ0v) is 33.3. The van der Waals surface area contributed by atoms with Gasteiger partial charge in [-0.1, -0.05) is 34.6 Å². The number of aliphatic hydroxyl groups excluding tert-OH is 1. The van der Waals surface area contributed by atoms with E-state index >= 15 is 0 Å². The minimum absolute atomic E-state index is 0.0300. The lowest BCUT2D eigenvalue weighted by Gasteiger charge is -2.64. The summed E-state index contributed by atoms with van der Waals surface area (Å²) in [5, 5.41) is 23.6. The van der Waals surface area contributed by atoms with Crippen molar-refractivity contribution in [1.82, 2.24) is 4.90 Å². The van der Waals surface area contributed by atoms with Crippen molar-refractivity contribution in [3.05, 3.63) is 0 Å². The van der Waals surface area contributed by atoms with Crippen molar-refractivity contribution < 1.29 is 43.5 Å². The second-order valence-electron chi connectivity index (χ2n) is 20.6. The molecule has 10 nitrogen and oxygen atoms in total. The molecule has 2 aliphatic heterocycles. The van der Waals surface area contributed by atoms with Gasteiger partial charge in [-0.3, -0.25) is 4.79 Å². The number of amides is 1. The average Bonchev–Trinajstić information content (AvgIpc) is 3.64. The minimum Gasteiger partial charge on any atom is -0.457 e. The molecular weight excluding hydrogens is 650 g/mol. The van der Waals surface area contributed by atoms with E-state index < -0.39 is 41.8 Å². The standard InChI is InChI=1S/C41H67NO9/c1-23-20-25(33(37(8,9)46)48-24(2)43)49-31-30(23)38(10)16-17-41-22-40(41)15-14-28(36(6,7)26(40)12-13-27(41)39(38,11)32(31)44)50-29-21-42(18-19-47-29)34(45)51-35(3,4)5/h23,25-33,44,46H,12-22H2,1-11H3/t23-,25?,26+,27?,28+,29+,30+,31?,32+,33+,38-,39-,40-,41?/m1/s1. The summed E-state index contributed by atoms with van der Waals surface area (Å²) >= 11 is 0. The van der Waals surface area contributed by atoms with Crippen molar-refractivity contribution in [3.8, 4) is 0 Å². The van der Waals surface area contributed by atoms with Gasteiger partial charge in [-0.15, -0.1) is 0 Å². The number of esters is 1. The van der Waals surface area contributed by atoms with Crippen LogP contribution in [0, 0.1) is 50.7 Å². The number of hydrogen-bond acceptors (Lipinski definition) is 9. The van der Waals surface area contributed by atoms with Gasteiger partial charge in [0.25, 0.3) is 0 Å². The molecule has 5 saturated carbocycles. The molecule has 4 unspecified atom stereocenters. The molecule has 2 spiro atoms. The molecule has 2 heterocycles. The Kier molecular flexibility index (Phi) is 8.92. The predicted octanol–water partition coefficient (Wildman–Crippen LogP) is 6.48. The number of morpholine rings is 1. The molecule has 10 heteroatoms. The first-order chi connectivity index (χ1) is 23.5.